The normalized spacial score (nSPS) is 28.6. The molecule has 0 aromatic carbocycles. The van der Waals surface area contributed by atoms with Crippen LogP contribution in [0.5, 0.6) is 0 Å². The van der Waals surface area contributed by atoms with Gasteiger partial charge in [0.1, 0.15) is 0 Å². The number of ether oxygens (including phenoxy) is 1. The van der Waals surface area contributed by atoms with E-state index >= 15 is 0 Å². The second-order valence-electron chi connectivity index (χ2n) is 4.95. The first kappa shape index (κ1) is 15.0. The molecule has 4 nitrogen and oxygen atoms in total. The van der Waals surface area contributed by atoms with Crippen molar-refractivity contribution in [2.24, 2.45) is 10.4 Å². The van der Waals surface area contributed by atoms with Gasteiger partial charge in [0.25, 0.3) is 0 Å². The summed E-state index contributed by atoms with van der Waals surface area (Å²) in [6.07, 6.45) is 3.61. The lowest BCUT2D eigenvalue weighted by molar-refractivity contribution is 0.156. The number of hydrogen-bond donors (Lipinski definition) is 1. The Balaban J connectivity index is 0.00000144. The largest absolute Gasteiger partial charge is 0.381 e. The Kier molecular flexibility index (Phi) is 5.99. The highest BCUT2D eigenvalue weighted by molar-refractivity contribution is 14.0. The van der Waals surface area contributed by atoms with Gasteiger partial charge in [0.15, 0.2) is 5.96 Å². The van der Waals surface area contributed by atoms with Crippen molar-refractivity contribution in [2.45, 2.75) is 26.2 Å². The molecule has 1 spiro atoms. The van der Waals surface area contributed by atoms with Crippen LogP contribution in [0.1, 0.15) is 26.2 Å². The number of aliphatic imine (C=N–C) groups is 1. The van der Waals surface area contributed by atoms with Crippen molar-refractivity contribution < 1.29 is 4.74 Å². The third-order valence-corrected chi connectivity index (χ3v) is 3.67. The summed E-state index contributed by atoms with van der Waals surface area (Å²) in [7, 11) is 1.87. The van der Waals surface area contributed by atoms with Crippen LogP contribution < -0.4 is 5.32 Å². The summed E-state index contributed by atoms with van der Waals surface area (Å²) < 4.78 is 5.54. The number of hydrogen-bond acceptors (Lipinski definition) is 2. The van der Waals surface area contributed by atoms with Crippen LogP contribution in [0.15, 0.2) is 4.99 Å². The Morgan fingerprint density at radius 1 is 1.47 bits per heavy atom. The minimum atomic E-state index is 0. The van der Waals surface area contributed by atoms with E-state index < -0.39 is 0 Å². The van der Waals surface area contributed by atoms with Crippen LogP contribution in [0.4, 0.5) is 0 Å². The fraction of sp³-hybridized carbons (Fsp3) is 0.917. The first-order valence-corrected chi connectivity index (χ1v) is 6.33. The zero-order chi connectivity index (χ0) is 11.4. The molecule has 1 N–H and O–H groups in total. The molecule has 0 aliphatic carbocycles. The predicted octanol–water partition coefficient (Wildman–Crippen LogP) is 1.70. The lowest BCUT2D eigenvalue weighted by Gasteiger charge is -2.24. The van der Waals surface area contributed by atoms with Gasteiger partial charge in [0, 0.05) is 38.7 Å². The van der Waals surface area contributed by atoms with E-state index in [1.807, 2.05) is 7.05 Å². The average molecular weight is 353 g/mol. The van der Waals surface area contributed by atoms with E-state index in [1.54, 1.807) is 0 Å². The fourth-order valence-corrected chi connectivity index (χ4v) is 2.66. The van der Waals surface area contributed by atoms with Crippen molar-refractivity contribution in [3.63, 3.8) is 0 Å². The zero-order valence-corrected chi connectivity index (χ0v) is 13.2. The van der Waals surface area contributed by atoms with E-state index in [9.17, 15) is 0 Å². The molecular formula is C12H24IN3O. The zero-order valence-electron chi connectivity index (χ0n) is 10.9. The van der Waals surface area contributed by atoms with Crippen LogP contribution in [-0.4, -0.2) is 50.8 Å². The maximum absolute atomic E-state index is 5.54. The van der Waals surface area contributed by atoms with Crippen molar-refractivity contribution in [1.29, 1.82) is 0 Å². The Labute approximate surface area is 121 Å². The first-order valence-electron chi connectivity index (χ1n) is 6.33. The number of nitrogens with one attached hydrogen (secondary N) is 1. The van der Waals surface area contributed by atoms with Gasteiger partial charge in [-0.15, -0.1) is 24.0 Å². The predicted molar refractivity (Wildman–Crippen MR) is 81.1 cm³/mol. The van der Waals surface area contributed by atoms with Crippen LogP contribution in [0.25, 0.3) is 0 Å². The van der Waals surface area contributed by atoms with Crippen LogP contribution in [-0.2, 0) is 4.74 Å². The smallest absolute Gasteiger partial charge is 0.193 e. The number of likely N-dealkylation sites (tertiary alicyclic amines) is 1. The summed E-state index contributed by atoms with van der Waals surface area (Å²) in [6.45, 7) is 7.29. The van der Waals surface area contributed by atoms with Gasteiger partial charge in [0.05, 0.1) is 6.61 Å². The molecule has 17 heavy (non-hydrogen) atoms. The van der Waals surface area contributed by atoms with Gasteiger partial charge in [-0.25, -0.2) is 0 Å². The second kappa shape index (κ2) is 6.78. The number of guanidine groups is 1. The molecule has 0 amide bonds. The number of rotatable bonds is 2. The molecule has 1 atom stereocenters. The van der Waals surface area contributed by atoms with E-state index in [4.69, 9.17) is 4.74 Å². The van der Waals surface area contributed by atoms with Crippen LogP contribution in [0.2, 0.25) is 0 Å². The number of nitrogens with zero attached hydrogens (tertiary/aromatic N) is 2. The van der Waals surface area contributed by atoms with E-state index in [-0.39, 0.29) is 24.0 Å². The van der Waals surface area contributed by atoms with Gasteiger partial charge in [-0.1, -0.05) is 6.92 Å². The van der Waals surface area contributed by atoms with Gasteiger partial charge in [-0.2, -0.15) is 0 Å². The Hall–Kier alpha value is -0.0400. The minimum absolute atomic E-state index is 0. The average Bonchev–Trinajstić information content (AvgIpc) is 2.92. The Morgan fingerprint density at radius 3 is 2.88 bits per heavy atom. The molecule has 0 saturated carbocycles. The van der Waals surface area contributed by atoms with E-state index in [2.05, 4.69) is 22.1 Å². The maximum atomic E-state index is 5.54. The van der Waals surface area contributed by atoms with Crippen LogP contribution in [0, 0.1) is 5.41 Å². The molecule has 2 heterocycles. The molecule has 2 aliphatic rings. The topological polar surface area (TPSA) is 36.9 Å². The Morgan fingerprint density at radius 2 is 2.29 bits per heavy atom. The molecule has 100 valence electrons. The minimum Gasteiger partial charge on any atom is -0.381 e. The molecule has 0 bridgehead atoms. The molecular weight excluding hydrogens is 329 g/mol. The molecule has 0 aromatic heterocycles. The fourth-order valence-electron chi connectivity index (χ4n) is 2.66. The van der Waals surface area contributed by atoms with Crippen molar-refractivity contribution in [3.05, 3.63) is 0 Å². The molecule has 5 heteroatoms. The molecule has 1 unspecified atom stereocenters. The summed E-state index contributed by atoms with van der Waals surface area (Å²) in [5, 5.41) is 3.40. The third kappa shape index (κ3) is 3.47. The van der Waals surface area contributed by atoms with Gasteiger partial charge < -0.3 is 15.0 Å². The highest BCUT2D eigenvalue weighted by Crippen LogP contribution is 2.37. The molecule has 0 radical (unpaired) electrons. The SMILES string of the molecule is CCCNC(=NC)N1CCC2(CCOC2)C1.I. The van der Waals surface area contributed by atoms with Gasteiger partial charge in [-0.05, 0) is 19.3 Å². The summed E-state index contributed by atoms with van der Waals surface area (Å²) in [6, 6.07) is 0. The van der Waals surface area contributed by atoms with E-state index in [1.165, 1.54) is 12.8 Å². The van der Waals surface area contributed by atoms with Gasteiger partial charge >= 0.3 is 0 Å². The highest BCUT2D eigenvalue weighted by atomic mass is 127. The van der Waals surface area contributed by atoms with E-state index in [0.29, 0.717) is 5.41 Å². The summed E-state index contributed by atoms with van der Waals surface area (Å²) in [5.41, 5.74) is 0.420. The Bertz CT molecular complexity index is 264. The van der Waals surface area contributed by atoms with E-state index in [0.717, 1.165) is 45.2 Å². The molecule has 0 aromatic rings. The summed E-state index contributed by atoms with van der Waals surface area (Å²) >= 11 is 0. The standard InChI is InChI=1S/C12H23N3O.HI/c1-3-6-14-11(13-2)15-7-4-12(9-15)5-8-16-10-12;/h3-10H2,1-2H3,(H,13,14);1H. The maximum Gasteiger partial charge on any atom is 0.193 e. The lowest BCUT2D eigenvalue weighted by atomic mass is 9.87. The lowest BCUT2D eigenvalue weighted by Crippen LogP contribution is -2.41. The molecule has 2 aliphatic heterocycles. The van der Waals surface area contributed by atoms with Crippen molar-refractivity contribution in [2.75, 3.05) is 39.9 Å². The quantitative estimate of drug-likeness (QED) is 0.467. The first-order chi connectivity index (χ1) is 7.79. The number of halogens is 1. The van der Waals surface area contributed by atoms with Gasteiger partial charge in [-0.3, -0.25) is 4.99 Å². The second-order valence-corrected chi connectivity index (χ2v) is 4.95. The third-order valence-electron chi connectivity index (χ3n) is 3.67. The van der Waals surface area contributed by atoms with Crippen molar-refractivity contribution >= 4 is 29.9 Å². The van der Waals surface area contributed by atoms with Gasteiger partial charge in [0.2, 0.25) is 0 Å². The monoisotopic (exact) mass is 353 g/mol. The van der Waals surface area contributed by atoms with Crippen LogP contribution >= 0.6 is 24.0 Å². The van der Waals surface area contributed by atoms with Crippen molar-refractivity contribution in [3.8, 4) is 0 Å². The molecule has 2 fully saturated rings. The summed E-state index contributed by atoms with van der Waals surface area (Å²) in [4.78, 5) is 6.73. The highest BCUT2D eigenvalue weighted by Gasteiger charge is 2.42. The van der Waals surface area contributed by atoms with Crippen molar-refractivity contribution in [1.82, 2.24) is 10.2 Å². The molecule has 2 saturated heterocycles. The van der Waals surface area contributed by atoms with Crippen LogP contribution in [0.3, 0.4) is 0 Å². The summed E-state index contributed by atoms with van der Waals surface area (Å²) in [5.74, 6) is 1.06. The molecule has 2 rings (SSSR count).